The fourth-order valence-electron chi connectivity index (χ4n) is 0.480. The number of hydrogen-bond acceptors (Lipinski definition) is 2. The predicted molar refractivity (Wildman–Crippen MR) is 39.7 cm³/mol. The van der Waals surface area contributed by atoms with Gasteiger partial charge in [0.05, 0.1) is 0 Å². The molecular formula is C7H12FNO2. The lowest BCUT2D eigenvalue weighted by atomic mass is 10.4. The summed E-state index contributed by atoms with van der Waals surface area (Å²) < 4.78 is 12.5. The number of allylic oxidation sites excluding steroid dienone is 1. The van der Waals surface area contributed by atoms with Gasteiger partial charge in [-0.25, -0.2) is 0 Å². The van der Waals surface area contributed by atoms with E-state index in [1.54, 1.807) is 0 Å². The molecule has 0 atom stereocenters. The van der Waals surface area contributed by atoms with Gasteiger partial charge in [0.2, 0.25) is 5.83 Å². The Bertz CT molecular complexity index is 173. The maximum Gasteiger partial charge on any atom is 0.283 e. The van der Waals surface area contributed by atoms with E-state index in [9.17, 15) is 9.18 Å². The van der Waals surface area contributed by atoms with Crippen LogP contribution in [0.25, 0.3) is 0 Å². The van der Waals surface area contributed by atoms with Crippen LogP contribution in [-0.4, -0.2) is 17.6 Å². The third-order valence-corrected chi connectivity index (χ3v) is 1.05. The van der Waals surface area contributed by atoms with Crippen molar-refractivity contribution in [1.29, 1.82) is 0 Å². The molecule has 0 aliphatic carbocycles. The minimum atomic E-state index is -1.11. The van der Waals surface area contributed by atoms with Crippen LogP contribution in [0.3, 0.4) is 0 Å². The molecule has 0 saturated heterocycles. The number of aliphatic hydroxyl groups is 1. The van der Waals surface area contributed by atoms with Gasteiger partial charge in [0.25, 0.3) is 5.91 Å². The van der Waals surface area contributed by atoms with Crippen molar-refractivity contribution in [2.75, 3.05) is 6.54 Å². The molecule has 0 fully saturated rings. The third kappa shape index (κ3) is 3.60. The van der Waals surface area contributed by atoms with Crippen LogP contribution >= 0.6 is 0 Å². The van der Waals surface area contributed by atoms with Crippen molar-refractivity contribution >= 4 is 5.91 Å². The van der Waals surface area contributed by atoms with Crippen molar-refractivity contribution in [2.45, 2.75) is 20.3 Å². The Labute approximate surface area is 64.9 Å². The average Bonchev–Trinajstić information content (AvgIpc) is 1.98. The average molecular weight is 161 g/mol. The number of halogens is 1. The molecule has 0 unspecified atom stereocenters. The smallest absolute Gasteiger partial charge is 0.283 e. The van der Waals surface area contributed by atoms with Gasteiger partial charge in [-0.05, 0) is 13.3 Å². The first kappa shape index (κ1) is 9.94. The first-order valence-corrected chi connectivity index (χ1v) is 3.43. The number of nitrogens with one attached hydrogen (secondary N) is 1. The molecule has 0 aliphatic heterocycles. The van der Waals surface area contributed by atoms with Gasteiger partial charge in [-0.2, -0.15) is 4.39 Å². The maximum atomic E-state index is 12.5. The second-order valence-corrected chi connectivity index (χ2v) is 2.16. The standard InChI is InChI=1S/C7H12FNO2/c1-3-4-9-7(11)6(8)5(2)10/h10H,3-4H2,1-2H3,(H,9,11). The van der Waals surface area contributed by atoms with E-state index in [1.165, 1.54) is 0 Å². The zero-order valence-electron chi connectivity index (χ0n) is 6.65. The van der Waals surface area contributed by atoms with E-state index in [1.807, 2.05) is 6.92 Å². The van der Waals surface area contributed by atoms with Gasteiger partial charge < -0.3 is 10.4 Å². The molecule has 64 valence electrons. The van der Waals surface area contributed by atoms with E-state index < -0.39 is 17.5 Å². The first-order valence-electron chi connectivity index (χ1n) is 3.43. The lowest BCUT2D eigenvalue weighted by Crippen LogP contribution is -2.24. The van der Waals surface area contributed by atoms with Crippen molar-refractivity contribution in [3.05, 3.63) is 11.6 Å². The van der Waals surface area contributed by atoms with Crippen molar-refractivity contribution in [2.24, 2.45) is 0 Å². The van der Waals surface area contributed by atoms with E-state index in [0.717, 1.165) is 13.3 Å². The van der Waals surface area contributed by atoms with Crippen LogP contribution in [0, 0.1) is 0 Å². The topological polar surface area (TPSA) is 49.3 Å². The van der Waals surface area contributed by atoms with E-state index in [4.69, 9.17) is 5.11 Å². The van der Waals surface area contributed by atoms with Crippen molar-refractivity contribution in [1.82, 2.24) is 5.32 Å². The number of rotatable bonds is 3. The molecular weight excluding hydrogens is 149 g/mol. The molecule has 2 N–H and O–H groups in total. The highest BCUT2D eigenvalue weighted by atomic mass is 19.1. The van der Waals surface area contributed by atoms with Crippen molar-refractivity contribution in [3.8, 4) is 0 Å². The summed E-state index contributed by atoms with van der Waals surface area (Å²) in [5, 5.41) is 10.8. The van der Waals surface area contributed by atoms with Gasteiger partial charge >= 0.3 is 0 Å². The SMILES string of the molecule is CCCNC(=O)C(F)=C(C)O. The molecule has 0 bridgehead atoms. The van der Waals surface area contributed by atoms with Gasteiger partial charge in [-0.1, -0.05) is 6.92 Å². The fraction of sp³-hybridized carbons (Fsp3) is 0.571. The zero-order valence-corrected chi connectivity index (χ0v) is 6.65. The molecule has 0 aromatic carbocycles. The Balaban J connectivity index is 3.95. The van der Waals surface area contributed by atoms with Crippen LogP contribution in [-0.2, 0) is 4.79 Å². The minimum Gasteiger partial charge on any atom is -0.509 e. The van der Waals surface area contributed by atoms with Crippen LogP contribution in [0.5, 0.6) is 0 Å². The molecule has 4 heteroatoms. The lowest BCUT2D eigenvalue weighted by molar-refractivity contribution is -0.119. The number of carbonyl (C=O) groups excluding carboxylic acids is 1. The van der Waals surface area contributed by atoms with Gasteiger partial charge in [0, 0.05) is 6.54 Å². The van der Waals surface area contributed by atoms with E-state index in [-0.39, 0.29) is 0 Å². The maximum absolute atomic E-state index is 12.5. The Morgan fingerprint density at radius 3 is 2.55 bits per heavy atom. The van der Waals surface area contributed by atoms with Crippen LogP contribution in [0.2, 0.25) is 0 Å². The Kier molecular flexibility index (Phi) is 4.26. The normalized spacial score (nSPS) is 12.3. The van der Waals surface area contributed by atoms with E-state index in [0.29, 0.717) is 6.54 Å². The number of hydrogen-bond donors (Lipinski definition) is 2. The van der Waals surface area contributed by atoms with Crippen LogP contribution in [0.4, 0.5) is 4.39 Å². The van der Waals surface area contributed by atoms with Crippen LogP contribution in [0.15, 0.2) is 11.6 Å². The van der Waals surface area contributed by atoms with Gasteiger partial charge in [0.1, 0.15) is 5.76 Å². The molecule has 0 radical (unpaired) electrons. The highest BCUT2D eigenvalue weighted by molar-refractivity contribution is 5.91. The molecule has 1 amide bonds. The van der Waals surface area contributed by atoms with Crippen LogP contribution in [0.1, 0.15) is 20.3 Å². The molecule has 0 spiro atoms. The number of amides is 1. The molecule has 0 aliphatic rings. The van der Waals surface area contributed by atoms with Gasteiger partial charge in [0.15, 0.2) is 0 Å². The summed E-state index contributed by atoms with van der Waals surface area (Å²) in [6.45, 7) is 3.40. The second kappa shape index (κ2) is 4.71. The molecule has 0 rings (SSSR count). The summed E-state index contributed by atoms with van der Waals surface area (Å²) in [5.41, 5.74) is 0. The molecule has 0 aromatic heterocycles. The quantitative estimate of drug-likeness (QED) is 0.483. The second-order valence-electron chi connectivity index (χ2n) is 2.16. The van der Waals surface area contributed by atoms with E-state index in [2.05, 4.69) is 5.32 Å². The Morgan fingerprint density at radius 1 is 1.64 bits per heavy atom. The Hall–Kier alpha value is -1.06. The van der Waals surface area contributed by atoms with Crippen molar-refractivity contribution in [3.63, 3.8) is 0 Å². The Morgan fingerprint density at radius 2 is 2.18 bits per heavy atom. The summed E-state index contributed by atoms with van der Waals surface area (Å²) in [6, 6.07) is 0. The van der Waals surface area contributed by atoms with Gasteiger partial charge in [-0.3, -0.25) is 4.79 Å². The number of aliphatic hydroxyl groups excluding tert-OH is 1. The summed E-state index contributed by atoms with van der Waals surface area (Å²) in [6.07, 6.45) is 0.740. The monoisotopic (exact) mass is 161 g/mol. The molecule has 0 saturated carbocycles. The van der Waals surface area contributed by atoms with E-state index >= 15 is 0 Å². The third-order valence-electron chi connectivity index (χ3n) is 1.05. The molecule has 0 heterocycles. The molecule has 11 heavy (non-hydrogen) atoms. The summed E-state index contributed by atoms with van der Waals surface area (Å²) >= 11 is 0. The zero-order chi connectivity index (χ0) is 8.85. The highest BCUT2D eigenvalue weighted by Gasteiger charge is 2.10. The minimum absolute atomic E-state index is 0.416. The largest absolute Gasteiger partial charge is 0.509 e. The molecule has 3 nitrogen and oxygen atoms in total. The van der Waals surface area contributed by atoms with Crippen LogP contribution < -0.4 is 5.32 Å². The van der Waals surface area contributed by atoms with Crippen molar-refractivity contribution < 1.29 is 14.3 Å². The number of carbonyl (C=O) groups is 1. The lowest BCUT2D eigenvalue weighted by Gasteiger charge is -2.00. The summed E-state index contributed by atoms with van der Waals surface area (Å²) in [5.74, 6) is -2.55. The van der Waals surface area contributed by atoms with Gasteiger partial charge in [-0.15, -0.1) is 0 Å². The first-order chi connectivity index (χ1) is 5.09. The predicted octanol–water partition coefficient (Wildman–Crippen LogP) is 1.27. The molecule has 0 aromatic rings. The fourth-order valence-corrected chi connectivity index (χ4v) is 0.480. The summed E-state index contributed by atoms with van der Waals surface area (Å²) in [4.78, 5) is 10.6. The summed E-state index contributed by atoms with van der Waals surface area (Å²) in [7, 11) is 0. The highest BCUT2D eigenvalue weighted by Crippen LogP contribution is 2.01.